The molecule has 19 heavy (non-hydrogen) atoms. The first-order valence-electron chi connectivity index (χ1n) is 6.61. The monoisotopic (exact) mass is 256 g/mol. The highest BCUT2D eigenvalue weighted by Gasteiger charge is 2.43. The van der Waals surface area contributed by atoms with Crippen LogP contribution < -0.4 is 4.74 Å². The Hall–Kier alpha value is -2.03. The predicted molar refractivity (Wildman–Crippen MR) is 73.4 cm³/mol. The van der Waals surface area contributed by atoms with Gasteiger partial charge in [0.25, 0.3) is 0 Å². The number of ether oxygens (including phenoxy) is 1. The summed E-state index contributed by atoms with van der Waals surface area (Å²) in [5, 5.41) is 11.6. The van der Waals surface area contributed by atoms with Gasteiger partial charge < -0.3 is 9.84 Å². The normalized spacial score (nSPS) is 17.5. The molecule has 0 aromatic heterocycles. The summed E-state index contributed by atoms with van der Waals surface area (Å²) in [6.45, 7) is 0. The fourth-order valence-corrected chi connectivity index (χ4v) is 2.76. The zero-order chi connectivity index (χ0) is 13.3. The lowest BCUT2D eigenvalue weighted by Crippen LogP contribution is -2.41. The van der Waals surface area contributed by atoms with Gasteiger partial charge in [0.1, 0.15) is 5.75 Å². The van der Waals surface area contributed by atoms with Crippen LogP contribution in [0.25, 0.3) is 10.8 Å². The zero-order valence-electron chi connectivity index (χ0n) is 10.6. The molecule has 0 saturated heterocycles. The van der Waals surface area contributed by atoms with E-state index in [9.17, 15) is 9.90 Å². The van der Waals surface area contributed by atoms with Crippen molar-refractivity contribution >= 4 is 16.7 Å². The van der Waals surface area contributed by atoms with Gasteiger partial charge in [-0.05, 0) is 48.6 Å². The third-order valence-corrected chi connectivity index (χ3v) is 3.84. The summed E-state index contributed by atoms with van der Waals surface area (Å²) >= 11 is 0. The molecular weight excluding hydrogens is 240 g/mol. The van der Waals surface area contributed by atoms with E-state index in [0.29, 0.717) is 18.6 Å². The molecule has 1 aliphatic carbocycles. The van der Waals surface area contributed by atoms with Crippen molar-refractivity contribution in [2.24, 2.45) is 0 Å². The van der Waals surface area contributed by atoms with Crippen LogP contribution in [0.1, 0.15) is 25.7 Å². The highest BCUT2D eigenvalue weighted by Crippen LogP contribution is 2.35. The van der Waals surface area contributed by atoms with E-state index in [2.05, 4.69) is 0 Å². The Bertz CT molecular complexity index is 612. The first-order valence-corrected chi connectivity index (χ1v) is 6.61. The summed E-state index contributed by atoms with van der Waals surface area (Å²) in [4.78, 5) is 11.5. The van der Waals surface area contributed by atoms with Crippen LogP contribution in [0.5, 0.6) is 5.75 Å². The Morgan fingerprint density at radius 3 is 2.42 bits per heavy atom. The molecular formula is C16H16O3. The van der Waals surface area contributed by atoms with Crippen molar-refractivity contribution in [2.75, 3.05) is 0 Å². The predicted octanol–water partition coefficient (Wildman–Crippen LogP) is 3.62. The zero-order valence-corrected chi connectivity index (χ0v) is 10.6. The molecule has 2 aromatic carbocycles. The van der Waals surface area contributed by atoms with E-state index in [1.807, 2.05) is 42.5 Å². The number of carbonyl (C=O) groups is 1. The number of aliphatic carboxylic acids is 1. The minimum Gasteiger partial charge on any atom is -0.478 e. The number of rotatable bonds is 3. The molecule has 1 fully saturated rings. The van der Waals surface area contributed by atoms with Gasteiger partial charge in [-0.25, -0.2) is 4.79 Å². The van der Waals surface area contributed by atoms with Gasteiger partial charge in [-0.2, -0.15) is 0 Å². The van der Waals surface area contributed by atoms with Crippen molar-refractivity contribution in [1.29, 1.82) is 0 Å². The Morgan fingerprint density at radius 2 is 1.74 bits per heavy atom. The van der Waals surface area contributed by atoms with Gasteiger partial charge >= 0.3 is 5.97 Å². The smallest absolute Gasteiger partial charge is 0.348 e. The van der Waals surface area contributed by atoms with Gasteiger partial charge in [0, 0.05) is 0 Å². The minimum atomic E-state index is -1.03. The van der Waals surface area contributed by atoms with Crippen LogP contribution in [-0.4, -0.2) is 16.7 Å². The van der Waals surface area contributed by atoms with Gasteiger partial charge in [-0.3, -0.25) is 0 Å². The topological polar surface area (TPSA) is 46.5 Å². The van der Waals surface area contributed by atoms with Gasteiger partial charge in [-0.1, -0.05) is 30.3 Å². The maximum absolute atomic E-state index is 11.5. The maximum atomic E-state index is 11.5. The molecule has 0 amide bonds. The average Bonchev–Trinajstić information content (AvgIpc) is 2.88. The highest BCUT2D eigenvalue weighted by molar-refractivity contribution is 5.84. The molecule has 3 heteroatoms. The fourth-order valence-electron chi connectivity index (χ4n) is 2.76. The first kappa shape index (κ1) is 12.0. The molecule has 0 bridgehead atoms. The van der Waals surface area contributed by atoms with Crippen molar-refractivity contribution in [3.8, 4) is 5.75 Å². The number of carboxylic acid groups (broad SMARTS) is 1. The quantitative estimate of drug-likeness (QED) is 0.912. The van der Waals surface area contributed by atoms with E-state index >= 15 is 0 Å². The summed E-state index contributed by atoms with van der Waals surface area (Å²) in [5.74, 6) is -0.207. The molecule has 0 atom stereocenters. The Labute approximate surface area is 111 Å². The molecule has 3 rings (SSSR count). The number of fused-ring (bicyclic) bond motifs is 1. The van der Waals surface area contributed by atoms with Crippen LogP contribution in [-0.2, 0) is 4.79 Å². The van der Waals surface area contributed by atoms with Gasteiger partial charge in [0.05, 0.1) is 0 Å². The summed E-state index contributed by atoms with van der Waals surface area (Å²) < 4.78 is 5.83. The van der Waals surface area contributed by atoms with Crippen LogP contribution in [0.3, 0.4) is 0 Å². The van der Waals surface area contributed by atoms with Gasteiger partial charge in [0.15, 0.2) is 0 Å². The summed E-state index contributed by atoms with van der Waals surface area (Å²) in [5.41, 5.74) is -1.03. The first-order chi connectivity index (χ1) is 9.20. The van der Waals surface area contributed by atoms with E-state index < -0.39 is 11.6 Å². The highest BCUT2D eigenvalue weighted by atomic mass is 16.5. The number of benzene rings is 2. The van der Waals surface area contributed by atoms with Crippen molar-refractivity contribution in [3.05, 3.63) is 42.5 Å². The number of carboxylic acids is 1. The molecule has 0 unspecified atom stereocenters. The summed E-state index contributed by atoms with van der Waals surface area (Å²) in [7, 11) is 0. The second-order valence-electron chi connectivity index (χ2n) is 5.12. The Morgan fingerprint density at radius 1 is 1.05 bits per heavy atom. The molecule has 98 valence electrons. The van der Waals surface area contributed by atoms with E-state index in [1.165, 1.54) is 0 Å². The lowest BCUT2D eigenvalue weighted by Gasteiger charge is -2.25. The second-order valence-corrected chi connectivity index (χ2v) is 5.12. The van der Waals surface area contributed by atoms with Crippen molar-refractivity contribution in [1.82, 2.24) is 0 Å². The molecule has 1 aliphatic rings. The van der Waals surface area contributed by atoms with Gasteiger partial charge in [0.2, 0.25) is 5.60 Å². The molecule has 0 heterocycles. The third kappa shape index (κ3) is 2.16. The maximum Gasteiger partial charge on any atom is 0.348 e. The van der Waals surface area contributed by atoms with E-state index in [0.717, 1.165) is 23.6 Å². The Kier molecular flexibility index (Phi) is 2.90. The molecule has 1 saturated carbocycles. The van der Waals surface area contributed by atoms with Crippen LogP contribution >= 0.6 is 0 Å². The third-order valence-electron chi connectivity index (χ3n) is 3.84. The standard InChI is InChI=1S/C16H16O3/c17-15(18)16(9-3-4-10-16)19-14-8-7-12-5-1-2-6-13(12)11-14/h1-2,5-8,11H,3-4,9-10H2,(H,17,18). The fraction of sp³-hybridized carbons (Fsp3) is 0.312. The molecule has 2 aromatic rings. The van der Waals surface area contributed by atoms with Crippen LogP contribution in [0.2, 0.25) is 0 Å². The van der Waals surface area contributed by atoms with Gasteiger partial charge in [-0.15, -0.1) is 0 Å². The van der Waals surface area contributed by atoms with Crippen LogP contribution in [0.15, 0.2) is 42.5 Å². The largest absolute Gasteiger partial charge is 0.478 e. The van der Waals surface area contributed by atoms with E-state index in [1.54, 1.807) is 0 Å². The SMILES string of the molecule is O=C(O)C1(Oc2ccc3ccccc3c2)CCCC1. The Balaban J connectivity index is 1.94. The number of hydrogen-bond acceptors (Lipinski definition) is 2. The molecule has 0 aliphatic heterocycles. The lowest BCUT2D eigenvalue weighted by molar-refractivity contribution is -0.154. The summed E-state index contributed by atoms with van der Waals surface area (Å²) in [6.07, 6.45) is 3.02. The second kappa shape index (κ2) is 4.57. The molecule has 3 nitrogen and oxygen atoms in total. The number of hydrogen-bond donors (Lipinski definition) is 1. The molecule has 0 spiro atoms. The summed E-state index contributed by atoms with van der Waals surface area (Å²) in [6, 6.07) is 13.7. The van der Waals surface area contributed by atoms with E-state index in [4.69, 9.17) is 4.74 Å². The van der Waals surface area contributed by atoms with Crippen molar-refractivity contribution in [3.63, 3.8) is 0 Å². The molecule has 1 N–H and O–H groups in total. The minimum absolute atomic E-state index is 0.592. The van der Waals surface area contributed by atoms with Crippen molar-refractivity contribution < 1.29 is 14.6 Å². The average molecular weight is 256 g/mol. The molecule has 0 radical (unpaired) electrons. The van der Waals surface area contributed by atoms with Crippen LogP contribution in [0.4, 0.5) is 0 Å². The van der Waals surface area contributed by atoms with Crippen LogP contribution in [0, 0.1) is 0 Å². The lowest BCUT2D eigenvalue weighted by atomic mass is 10.0. The van der Waals surface area contributed by atoms with E-state index in [-0.39, 0.29) is 0 Å². The van der Waals surface area contributed by atoms with Crippen molar-refractivity contribution in [2.45, 2.75) is 31.3 Å².